The molecule has 0 unspecified atom stereocenters. The Morgan fingerprint density at radius 3 is 2.56 bits per heavy atom. The van der Waals surface area contributed by atoms with Crippen LogP contribution in [0.2, 0.25) is 0 Å². The number of hydrogen-bond acceptors (Lipinski definition) is 3. The highest BCUT2D eigenvalue weighted by Crippen LogP contribution is 2.18. The molecule has 1 aliphatic rings. The molecule has 1 saturated heterocycles. The van der Waals surface area contributed by atoms with Crippen LogP contribution in [0.5, 0.6) is 0 Å². The molecule has 1 aliphatic heterocycles. The van der Waals surface area contributed by atoms with Crippen LogP contribution in [0.25, 0.3) is 0 Å². The molecule has 0 saturated carbocycles. The molecule has 1 fully saturated rings. The topological polar surface area (TPSA) is 49.4 Å². The summed E-state index contributed by atoms with van der Waals surface area (Å²) in [6.45, 7) is 2.55. The fourth-order valence-electron chi connectivity index (χ4n) is 1.66. The summed E-state index contributed by atoms with van der Waals surface area (Å²) in [5.41, 5.74) is 0. The summed E-state index contributed by atoms with van der Waals surface area (Å²) < 4.78 is 26.9. The van der Waals surface area contributed by atoms with E-state index >= 15 is 0 Å². The van der Waals surface area contributed by atoms with Gasteiger partial charge in [0.05, 0.1) is 4.90 Å². The van der Waals surface area contributed by atoms with Crippen LogP contribution in [0.3, 0.4) is 0 Å². The predicted octanol–water partition coefficient (Wildman–Crippen LogP) is 0.885. The Kier molecular flexibility index (Phi) is 3.83. The van der Waals surface area contributed by atoms with E-state index in [0.717, 1.165) is 16.7 Å². The molecular weight excluding hydrogens is 339 g/mol. The van der Waals surface area contributed by atoms with Crippen molar-refractivity contribution in [1.29, 1.82) is 0 Å². The Labute approximate surface area is 109 Å². The zero-order valence-corrected chi connectivity index (χ0v) is 11.7. The summed E-state index contributed by atoms with van der Waals surface area (Å²) in [5.74, 6) is 0. The second-order valence-electron chi connectivity index (χ2n) is 3.61. The first-order chi connectivity index (χ1) is 7.60. The van der Waals surface area contributed by atoms with Crippen molar-refractivity contribution in [2.75, 3.05) is 26.2 Å². The van der Waals surface area contributed by atoms with Gasteiger partial charge in [0, 0.05) is 29.7 Å². The second-order valence-corrected chi connectivity index (χ2v) is 6.80. The number of halogens is 1. The lowest BCUT2D eigenvalue weighted by Gasteiger charge is -2.26. The molecule has 4 nitrogen and oxygen atoms in total. The molecule has 0 amide bonds. The highest BCUT2D eigenvalue weighted by molar-refractivity contribution is 14.1. The Morgan fingerprint density at radius 2 is 1.94 bits per heavy atom. The molecule has 88 valence electrons. The third-order valence-corrected chi connectivity index (χ3v) is 5.08. The van der Waals surface area contributed by atoms with E-state index in [2.05, 4.69) is 27.9 Å². The van der Waals surface area contributed by atoms with Crippen LogP contribution in [0.4, 0.5) is 0 Å². The number of benzene rings is 1. The van der Waals surface area contributed by atoms with E-state index in [1.165, 1.54) is 4.31 Å². The van der Waals surface area contributed by atoms with Gasteiger partial charge in [-0.05, 0) is 40.8 Å². The van der Waals surface area contributed by atoms with Crippen LogP contribution in [0.15, 0.2) is 29.2 Å². The quantitative estimate of drug-likeness (QED) is 0.805. The van der Waals surface area contributed by atoms with Crippen molar-refractivity contribution in [1.82, 2.24) is 9.62 Å². The smallest absolute Gasteiger partial charge is 0.243 e. The maximum atomic E-state index is 12.2. The van der Waals surface area contributed by atoms with Crippen LogP contribution < -0.4 is 5.32 Å². The fraction of sp³-hybridized carbons (Fsp3) is 0.400. The number of sulfonamides is 1. The lowest BCUT2D eigenvalue weighted by atomic mass is 10.4. The zero-order valence-electron chi connectivity index (χ0n) is 8.69. The van der Waals surface area contributed by atoms with Gasteiger partial charge < -0.3 is 5.32 Å². The number of nitrogens with zero attached hydrogens (tertiary/aromatic N) is 1. The molecule has 2 rings (SSSR count). The molecule has 1 aromatic carbocycles. The molecule has 0 radical (unpaired) electrons. The highest BCUT2D eigenvalue weighted by Gasteiger charge is 2.25. The Morgan fingerprint density at radius 1 is 1.25 bits per heavy atom. The standard InChI is InChI=1S/C10H13IN2O2S/c11-9-2-1-3-10(8-9)16(14,15)13-6-4-12-5-7-13/h1-3,8,12H,4-7H2. The molecule has 16 heavy (non-hydrogen) atoms. The van der Waals surface area contributed by atoms with Gasteiger partial charge in [0.15, 0.2) is 0 Å². The predicted molar refractivity (Wildman–Crippen MR) is 70.8 cm³/mol. The van der Waals surface area contributed by atoms with Crippen molar-refractivity contribution in [3.05, 3.63) is 27.8 Å². The summed E-state index contributed by atoms with van der Waals surface area (Å²) in [6.07, 6.45) is 0. The molecule has 1 heterocycles. The average molecular weight is 352 g/mol. The molecule has 0 atom stereocenters. The minimum Gasteiger partial charge on any atom is -0.314 e. The minimum absolute atomic E-state index is 0.390. The van der Waals surface area contributed by atoms with Crippen LogP contribution in [0.1, 0.15) is 0 Å². The van der Waals surface area contributed by atoms with E-state index in [9.17, 15) is 8.42 Å². The molecule has 6 heteroatoms. The molecule has 0 spiro atoms. The molecule has 0 bridgehead atoms. The summed E-state index contributed by atoms with van der Waals surface area (Å²) in [4.78, 5) is 0.390. The first kappa shape index (κ1) is 12.3. The Hall–Kier alpha value is -0.180. The van der Waals surface area contributed by atoms with E-state index in [0.29, 0.717) is 18.0 Å². The van der Waals surface area contributed by atoms with Crippen LogP contribution in [-0.4, -0.2) is 38.9 Å². The molecule has 0 aromatic heterocycles. The maximum absolute atomic E-state index is 12.2. The van der Waals surface area contributed by atoms with E-state index in [1.807, 2.05) is 6.07 Å². The fourth-order valence-corrected chi connectivity index (χ4v) is 3.90. The molecule has 0 aliphatic carbocycles. The molecular formula is C10H13IN2O2S. The minimum atomic E-state index is -3.30. The van der Waals surface area contributed by atoms with Crippen molar-refractivity contribution in [2.45, 2.75) is 4.90 Å². The monoisotopic (exact) mass is 352 g/mol. The van der Waals surface area contributed by atoms with Gasteiger partial charge in [0.25, 0.3) is 0 Å². The van der Waals surface area contributed by atoms with Gasteiger partial charge in [-0.2, -0.15) is 4.31 Å². The van der Waals surface area contributed by atoms with Gasteiger partial charge >= 0.3 is 0 Å². The third-order valence-electron chi connectivity index (χ3n) is 2.51. The second kappa shape index (κ2) is 4.99. The average Bonchev–Trinajstić information content (AvgIpc) is 2.30. The van der Waals surface area contributed by atoms with Gasteiger partial charge in [-0.25, -0.2) is 8.42 Å². The van der Waals surface area contributed by atoms with E-state index in [-0.39, 0.29) is 0 Å². The normalized spacial score (nSPS) is 18.6. The van der Waals surface area contributed by atoms with Crippen LogP contribution in [-0.2, 0) is 10.0 Å². The third kappa shape index (κ3) is 2.55. The van der Waals surface area contributed by atoms with Crippen molar-refractivity contribution in [3.63, 3.8) is 0 Å². The number of rotatable bonds is 2. The van der Waals surface area contributed by atoms with Gasteiger partial charge in [-0.1, -0.05) is 6.07 Å². The van der Waals surface area contributed by atoms with Crippen molar-refractivity contribution < 1.29 is 8.42 Å². The van der Waals surface area contributed by atoms with Crippen LogP contribution in [0, 0.1) is 3.57 Å². The van der Waals surface area contributed by atoms with Gasteiger partial charge in [0.1, 0.15) is 0 Å². The van der Waals surface area contributed by atoms with Gasteiger partial charge in [-0.3, -0.25) is 0 Å². The lowest BCUT2D eigenvalue weighted by molar-refractivity contribution is 0.360. The zero-order chi connectivity index (χ0) is 11.6. The largest absolute Gasteiger partial charge is 0.314 e. The van der Waals surface area contributed by atoms with E-state index < -0.39 is 10.0 Å². The highest BCUT2D eigenvalue weighted by atomic mass is 127. The number of hydrogen-bond donors (Lipinski definition) is 1. The van der Waals surface area contributed by atoms with Crippen molar-refractivity contribution >= 4 is 32.6 Å². The van der Waals surface area contributed by atoms with Crippen molar-refractivity contribution in [3.8, 4) is 0 Å². The maximum Gasteiger partial charge on any atom is 0.243 e. The summed E-state index contributed by atoms with van der Waals surface area (Å²) >= 11 is 2.12. The van der Waals surface area contributed by atoms with Gasteiger partial charge in [-0.15, -0.1) is 0 Å². The van der Waals surface area contributed by atoms with Gasteiger partial charge in [0.2, 0.25) is 10.0 Å². The SMILES string of the molecule is O=S(=O)(c1cccc(I)c1)N1CCNCC1. The summed E-state index contributed by atoms with van der Waals surface area (Å²) in [5, 5.41) is 3.14. The lowest BCUT2D eigenvalue weighted by Crippen LogP contribution is -2.46. The summed E-state index contributed by atoms with van der Waals surface area (Å²) in [6, 6.07) is 7.02. The Bertz CT molecular complexity index is 469. The van der Waals surface area contributed by atoms with E-state index in [4.69, 9.17) is 0 Å². The summed E-state index contributed by atoms with van der Waals surface area (Å²) in [7, 11) is -3.30. The first-order valence-corrected chi connectivity index (χ1v) is 7.59. The number of piperazine rings is 1. The molecule has 1 N–H and O–H groups in total. The van der Waals surface area contributed by atoms with Crippen LogP contribution >= 0.6 is 22.6 Å². The number of nitrogens with one attached hydrogen (secondary N) is 1. The first-order valence-electron chi connectivity index (χ1n) is 5.07. The van der Waals surface area contributed by atoms with E-state index in [1.54, 1.807) is 18.2 Å². The Balaban J connectivity index is 2.30. The molecule has 1 aromatic rings. The van der Waals surface area contributed by atoms with Crippen molar-refractivity contribution in [2.24, 2.45) is 0 Å².